The smallest absolute Gasteiger partial charge is 0.251 e. The minimum absolute atomic E-state index is 0.191. The molecule has 0 saturated carbocycles. The van der Waals surface area contributed by atoms with Gasteiger partial charge in [-0.3, -0.25) is 4.79 Å². The summed E-state index contributed by atoms with van der Waals surface area (Å²) in [4.78, 5) is 11.0. The van der Waals surface area contributed by atoms with Crippen LogP contribution in [0.4, 0.5) is 4.39 Å². The van der Waals surface area contributed by atoms with E-state index in [4.69, 9.17) is 10.2 Å². The molecule has 0 bridgehead atoms. The van der Waals surface area contributed by atoms with Gasteiger partial charge in [-0.25, -0.2) is 4.39 Å². The van der Waals surface area contributed by atoms with E-state index in [2.05, 4.69) is 5.32 Å². The molecule has 0 radical (unpaired) electrons. The molecular formula is C10H12FNO3. The summed E-state index contributed by atoms with van der Waals surface area (Å²) in [5.41, 5.74) is 0.717. The minimum atomic E-state index is -1.41. The van der Waals surface area contributed by atoms with Crippen molar-refractivity contribution in [2.75, 3.05) is 6.61 Å². The fourth-order valence-electron chi connectivity index (χ4n) is 0.992. The van der Waals surface area contributed by atoms with E-state index in [1.54, 1.807) is 0 Å². The third-order valence-corrected chi connectivity index (χ3v) is 1.86. The molecule has 0 spiro atoms. The Bertz CT molecular complexity index is 326. The Labute approximate surface area is 86.4 Å². The van der Waals surface area contributed by atoms with Crippen molar-refractivity contribution in [1.82, 2.24) is 5.32 Å². The number of halogens is 1. The maximum Gasteiger partial charge on any atom is 0.251 e. The molecule has 0 fully saturated rings. The Hall–Kier alpha value is -1.46. The lowest BCUT2D eigenvalue weighted by Gasteiger charge is -2.08. The molecule has 0 saturated heterocycles. The Kier molecular flexibility index (Phi) is 4.20. The first kappa shape index (κ1) is 11.6. The summed E-state index contributed by atoms with van der Waals surface area (Å²) in [6.07, 6.45) is -1.41. The lowest BCUT2D eigenvalue weighted by Crippen LogP contribution is -2.36. The highest BCUT2D eigenvalue weighted by Gasteiger charge is 2.12. The van der Waals surface area contributed by atoms with Gasteiger partial charge in [-0.05, 0) is 17.7 Å². The molecule has 1 unspecified atom stereocenters. The Morgan fingerprint density at radius 1 is 1.40 bits per heavy atom. The van der Waals surface area contributed by atoms with Crippen LogP contribution >= 0.6 is 0 Å². The second-order valence-corrected chi connectivity index (χ2v) is 3.04. The van der Waals surface area contributed by atoms with Gasteiger partial charge in [0.25, 0.3) is 5.91 Å². The van der Waals surface area contributed by atoms with Gasteiger partial charge in [0, 0.05) is 6.54 Å². The lowest BCUT2D eigenvalue weighted by molar-refractivity contribution is -0.131. The van der Waals surface area contributed by atoms with Gasteiger partial charge >= 0.3 is 0 Å². The van der Waals surface area contributed by atoms with E-state index < -0.39 is 18.6 Å². The van der Waals surface area contributed by atoms with Crippen LogP contribution in [0.2, 0.25) is 0 Å². The fourth-order valence-corrected chi connectivity index (χ4v) is 0.992. The van der Waals surface area contributed by atoms with Crippen molar-refractivity contribution in [3.05, 3.63) is 35.6 Å². The van der Waals surface area contributed by atoms with Crippen molar-refractivity contribution in [3.63, 3.8) is 0 Å². The second-order valence-electron chi connectivity index (χ2n) is 3.04. The van der Waals surface area contributed by atoms with Gasteiger partial charge in [-0.2, -0.15) is 0 Å². The Balaban J connectivity index is 2.43. The number of carbonyl (C=O) groups is 1. The highest BCUT2D eigenvalue weighted by molar-refractivity contribution is 5.80. The monoisotopic (exact) mass is 213 g/mol. The zero-order valence-electron chi connectivity index (χ0n) is 7.98. The number of nitrogens with one attached hydrogen (secondary N) is 1. The molecule has 1 rings (SSSR count). The summed E-state index contributed by atoms with van der Waals surface area (Å²) >= 11 is 0. The average Bonchev–Trinajstić information content (AvgIpc) is 2.26. The van der Waals surface area contributed by atoms with Crippen LogP contribution in [0.15, 0.2) is 24.3 Å². The van der Waals surface area contributed by atoms with Crippen molar-refractivity contribution in [2.45, 2.75) is 12.6 Å². The highest BCUT2D eigenvalue weighted by Crippen LogP contribution is 2.02. The molecule has 0 aliphatic carbocycles. The molecule has 15 heavy (non-hydrogen) atoms. The number of aliphatic hydroxyl groups excluding tert-OH is 2. The van der Waals surface area contributed by atoms with Crippen LogP contribution in [0.5, 0.6) is 0 Å². The van der Waals surface area contributed by atoms with Crippen LogP contribution in [-0.2, 0) is 11.3 Å². The van der Waals surface area contributed by atoms with E-state index in [1.165, 1.54) is 24.3 Å². The van der Waals surface area contributed by atoms with Crippen molar-refractivity contribution in [2.24, 2.45) is 0 Å². The van der Waals surface area contributed by atoms with Gasteiger partial charge in [0.05, 0.1) is 6.61 Å². The van der Waals surface area contributed by atoms with E-state index in [0.717, 1.165) is 5.56 Å². The summed E-state index contributed by atoms with van der Waals surface area (Å²) in [6, 6.07) is 5.62. The summed E-state index contributed by atoms with van der Waals surface area (Å²) in [5, 5.41) is 19.8. The molecule has 1 atom stereocenters. The summed E-state index contributed by atoms with van der Waals surface area (Å²) in [7, 11) is 0. The molecule has 0 aliphatic rings. The average molecular weight is 213 g/mol. The molecule has 0 heterocycles. The van der Waals surface area contributed by atoms with Crippen molar-refractivity contribution >= 4 is 5.91 Å². The highest BCUT2D eigenvalue weighted by atomic mass is 19.1. The maximum absolute atomic E-state index is 12.5. The summed E-state index contributed by atoms with van der Waals surface area (Å²) in [6.45, 7) is -0.425. The third-order valence-electron chi connectivity index (χ3n) is 1.86. The molecular weight excluding hydrogens is 201 g/mol. The first-order valence-corrected chi connectivity index (χ1v) is 4.44. The van der Waals surface area contributed by atoms with Crippen LogP contribution in [0, 0.1) is 5.82 Å². The minimum Gasteiger partial charge on any atom is -0.393 e. The van der Waals surface area contributed by atoms with Crippen LogP contribution in [0.1, 0.15) is 5.56 Å². The van der Waals surface area contributed by atoms with Gasteiger partial charge in [-0.1, -0.05) is 12.1 Å². The quantitative estimate of drug-likeness (QED) is 0.648. The predicted molar refractivity (Wildman–Crippen MR) is 51.3 cm³/mol. The lowest BCUT2D eigenvalue weighted by atomic mass is 10.2. The van der Waals surface area contributed by atoms with Gasteiger partial charge in [0.1, 0.15) is 5.82 Å². The number of hydrogen-bond acceptors (Lipinski definition) is 3. The van der Waals surface area contributed by atoms with Crippen molar-refractivity contribution in [3.8, 4) is 0 Å². The second kappa shape index (κ2) is 5.43. The third kappa shape index (κ3) is 3.65. The van der Waals surface area contributed by atoms with E-state index in [0.29, 0.717) is 0 Å². The number of amides is 1. The largest absolute Gasteiger partial charge is 0.393 e. The molecule has 0 aliphatic heterocycles. The molecule has 5 heteroatoms. The van der Waals surface area contributed by atoms with Crippen LogP contribution in [0.3, 0.4) is 0 Å². The number of hydrogen-bond donors (Lipinski definition) is 3. The molecule has 1 amide bonds. The van der Waals surface area contributed by atoms with E-state index >= 15 is 0 Å². The van der Waals surface area contributed by atoms with Gasteiger partial charge in [0.15, 0.2) is 6.10 Å². The first-order chi connectivity index (χ1) is 7.13. The number of benzene rings is 1. The molecule has 1 aromatic carbocycles. The Morgan fingerprint density at radius 2 is 2.00 bits per heavy atom. The predicted octanol–water partition coefficient (Wildman–Crippen LogP) is -0.205. The van der Waals surface area contributed by atoms with Crippen LogP contribution < -0.4 is 5.32 Å². The van der Waals surface area contributed by atoms with E-state index in [1.807, 2.05) is 0 Å². The number of carbonyl (C=O) groups excluding carboxylic acids is 1. The van der Waals surface area contributed by atoms with Gasteiger partial charge in [-0.15, -0.1) is 0 Å². The zero-order valence-corrected chi connectivity index (χ0v) is 7.98. The van der Waals surface area contributed by atoms with Gasteiger partial charge < -0.3 is 15.5 Å². The van der Waals surface area contributed by atoms with Crippen LogP contribution in [0.25, 0.3) is 0 Å². The topological polar surface area (TPSA) is 69.6 Å². The normalized spacial score (nSPS) is 12.2. The fraction of sp³-hybridized carbons (Fsp3) is 0.300. The summed E-state index contributed by atoms with van der Waals surface area (Å²) in [5.74, 6) is -0.998. The molecule has 82 valence electrons. The molecule has 0 aromatic heterocycles. The number of aliphatic hydroxyl groups is 2. The molecule has 4 nitrogen and oxygen atoms in total. The first-order valence-electron chi connectivity index (χ1n) is 4.44. The van der Waals surface area contributed by atoms with E-state index in [-0.39, 0.29) is 12.4 Å². The van der Waals surface area contributed by atoms with Crippen molar-refractivity contribution < 1.29 is 19.4 Å². The maximum atomic E-state index is 12.5. The Morgan fingerprint density at radius 3 is 2.53 bits per heavy atom. The SMILES string of the molecule is O=C(NCc1ccc(F)cc1)C(O)CO. The zero-order chi connectivity index (χ0) is 11.3. The van der Waals surface area contributed by atoms with Crippen molar-refractivity contribution in [1.29, 1.82) is 0 Å². The molecule has 1 aromatic rings. The van der Waals surface area contributed by atoms with E-state index in [9.17, 15) is 9.18 Å². The standard InChI is InChI=1S/C10H12FNO3/c11-8-3-1-7(2-4-8)5-12-10(15)9(14)6-13/h1-4,9,13-14H,5-6H2,(H,12,15). The van der Waals surface area contributed by atoms with Crippen LogP contribution in [-0.4, -0.2) is 28.8 Å². The van der Waals surface area contributed by atoms with Gasteiger partial charge in [0.2, 0.25) is 0 Å². The summed E-state index contributed by atoms with van der Waals surface area (Å²) < 4.78 is 12.5. The number of rotatable bonds is 4. The molecule has 3 N–H and O–H groups in total.